The molecule has 2 nitrogen and oxygen atoms in total. The van der Waals surface area contributed by atoms with E-state index in [-0.39, 0.29) is 0 Å². The summed E-state index contributed by atoms with van der Waals surface area (Å²) in [4.78, 5) is 4.66. The molecule has 0 radical (unpaired) electrons. The van der Waals surface area contributed by atoms with Crippen molar-refractivity contribution in [3.8, 4) is 0 Å². The van der Waals surface area contributed by atoms with E-state index in [0.29, 0.717) is 11.8 Å². The Balaban J connectivity index is 3.08. The Morgan fingerprint density at radius 1 is 1.38 bits per heavy atom. The molecule has 0 aliphatic carbocycles. The summed E-state index contributed by atoms with van der Waals surface area (Å²) in [6, 6.07) is 0. The monoisotopic (exact) mass is 220 g/mol. The number of hydrogen-bond acceptors (Lipinski definition) is 1. The van der Waals surface area contributed by atoms with Crippen LogP contribution in [0.25, 0.3) is 6.20 Å². The SMILES string of the molecule is CCc1nc(C(C)C)cn1/C=C(\C)C(C)C. The summed E-state index contributed by atoms with van der Waals surface area (Å²) >= 11 is 0. The largest absolute Gasteiger partial charge is 0.310 e. The molecule has 0 amide bonds. The van der Waals surface area contributed by atoms with Crippen molar-refractivity contribution >= 4 is 6.20 Å². The molecule has 0 N–H and O–H groups in total. The maximum atomic E-state index is 4.66. The van der Waals surface area contributed by atoms with Gasteiger partial charge in [0.05, 0.1) is 5.69 Å². The van der Waals surface area contributed by atoms with Crippen LogP contribution in [0.2, 0.25) is 0 Å². The zero-order valence-corrected chi connectivity index (χ0v) is 11.4. The quantitative estimate of drug-likeness (QED) is 0.747. The van der Waals surface area contributed by atoms with Crippen molar-refractivity contribution in [1.29, 1.82) is 0 Å². The van der Waals surface area contributed by atoms with Crippen molar-refractivity contribution in [2.45, 2.75) is 53.9 Å². The molecule has 0 fully saturated rings. The highest BCUT2D eigenvalue weighted by Crippen LogP contribution is 2.17. The Morgan fingerprint density at radius 2 is 2.00 bits per heavy atom. The topological polar surface area (TPSA) is 17.8 Å². The van der Waals surface area contributed by atoms with Crippen molar-refractivity contribution < 1.29 is 0 Å². The van der Waals surface area contributed by atoms with Gasteiger partial charge in [-0.25, -0.2) is 4.98 Å². The Hall–Kier alpha value is -1.05. The second kappa shape index (κ2) is 5.33. The third-order valence-corrected chi connectivity index (χ3v) is 2.99. The van der Waals surface area contributed by atoms with Gasteiger partial charge in [-0.15, -0.1) is 0 Å². The van der Waals surface area contributed by atoms with Crippen LogP contribution in [0.15, 0.2) is 11.8 Å². The number of imidazole rings is 1. The predicted octanol–water partition coefficient (Wildman–Crippen LogP) is 4.09. The molecule has 90 valence electrons. The lowest BCUT2D eigenvalue weighted by Gasteiger charge is -2.06. The van der Waals surface area contributed by atoms with Gasteiger partial charge in [-0.1, -0.05) is 40.2 Å². The molecule has 2 heteroatoms. The van der Waals surface area contributed by atoms with Gasteiger partial charge in [0.15, 0.2) is 0 Å². The zero-order valence-electron chi connectivity index (χ0n) is 11.4. The van der Waals surface area contributed by atoms with Crippen LogP contribution in [0.1, 0.15) is 59.0 Å². The van der Waals surface area contributed by atoms with Crippen LogP contribution in [-0.2, 0) is 6.42 Å². The average Bonchev–Trinajstić information content (AvgIpc) is 2.60. The molecule has 1 aromatic rings. The molecule has 0 aliphatic rings. The van der Waals surface area contributed by atoms with Gasteiger partial charge in [0.2, 0.25) is 0 Å². The Morgan fingerprint density at radius 3 is 2.44 bits per heavy atom. The molecule has 0 saturated heterocycles. The molecule has 0 aromatic carbocycles. The molecule has 16 heavy (non-hydrogen) atoms. The minimum absolute atomic E-state index is 0.499. The Labute approximate surface area is 99.4 Å². The van der Waals surface area contributed by atoms with Gasteiger partial charge < -0.3 is 4.57 Å². The fraction of sp³-hybridized carbons (Fsp3) is 0.643. The number of allylic oxidation sites excluding steroid dienone is 1. The first kappa shape index (κ1) is 13.0. The standard InChI is InChI=1S/C14H24N2/c1-7-14-15-13(11(4)5)9-16(14)8-12(6)10(2)3/h8-11H,7H2,1-6H3/b12-8+. The summed E-state index contributed by atoms with van der Waals surface area (Å²) in [6.07, 6.45) is 5.35. The minimum Gasteiger partial charge on any atom is -0.310 e. The molecule has 1 aromatic heterocycles. The van der Waals surface area contributed by atoms with Crippen molar-refractivity contribution in [2.24, 2.45) is 5.92 Å². The van der Waals surface area contributed by atoms with Gasteiger partial charge in [-0.2, -0.15) is 0 Å². The van der Waals surface area contributed by atoms with E-state index in [4.69, 9.17) is 0 Å². The van der Waals surface area contributed by atoms with Crippen molar-refractivity contribution in [2.75, 3.05) is 0 Å². The smallest absolute Gasteiger partial charge is 0.112 e. The first-order chi connectivity index (χ1) is 7.45. The second-order valence-corrected chi connectivity index (χ2v) is 5.03. The highest BCUT2D eigenvalue weighted by Gasteiger charge is 2.08. The van der Waals surface area contributed by atoms with Crippen LogP contribution >= 0.6 is 0 Å². The minimum atomic E-state index is 0.499. The van der Waals surface area contributed by atoms with Crippen LogP contribution in [0, 0.1) is 5.92 Å². The molecule has 0 bridgehead atoms. The van der Waals surface area contributed by atoms with Crippen LogP contribution in [0.4, 0.5) is 0 Å². The fourth-order valence-corrected chi connectivity index (χ4v) is 1.47. The van der Waals surface area contributed by atoms with Gasteiger partial charge in [0.25, 0.3) is 0 Å². The first-order valence-electron chi connectivity index (χ1n) is 6.21. The fourth-order valence-electron chi connectivity index (χ4n) is 1.47. The lowest BCUT2D eigenvalue weighted by atomic mass is 10.1. The first-order valence-corrected chi connectivity index (χ1v) is 6.21. The van der Waals surface area contributed by atoms with E-state index in [0.717, 1.165) is 12.2 Å². The van der Waals surface area contributed by atoms with E-state index >= 15 is 0 Å². The number of nitrogens with zero attached hydrogens (tertiary/aromatic N) is 2. The Kier molecular flexibility index (Phi) is 4.34. The summed E-state index contributed by atoms with van der Waals surface area (Å²) in [6.45, 7) is 13.1. The molecule has 0 aliphatic heterocycles. The van der Waals surface area contributed by atoms with Crippen molar-refractivity contribution in [3.63, 3.8) is 0 Å². The van der Waals surface area contributed by atoms with E-state index in [1.165, 1.54) is 11.3 Å². The number of aryl methyl sites for hydroxylation is 1. The number of rotatable bonds is 4. The van der Waals surface area contributed by atoms with Gasteiger partial charge in [0.1, 0.15) is 5.82 Å². The Bertz CT molecular complexity index is 370. The lowest BCUT2D eigenvalue weighted by molar-refractivity contribution is 0.766. The highest BCUT2D eigenvalue weighted by atomic mass is 15.1. The van der Waals surface area contributed by atoms with Crippen LogP contribution in [0.5, 0.6) is 0 Å². The number of hydrogen-bond donors (Lipinski definition) is 0. The van der Waals surface area contributed by atoms with Gasteiger partial charge in [0, 0.05) is 18.8 Å². The summed E-state index contributed by atoms with van der Waals surface area (Å²) in [5.41, 5.74) is 2.58. The molecule has 0 spiro atoms. The molecular weight excluding hydrogens is 196 g/mol. The van der Waals surface area contributed by atoms with Crippen LogP contribution < -0.4 is 0 Å². The summed E-state index contributed by atoms with van der Waals surface area (Å²) in [5.74, 6) is 2.25. The highest BCUT2D eigenvalue weighted by molar-refractivity contribution is 5.33. The van der Waals surface area contributed by atoms with E-state index in [1.807, 2.05) is 0 Å². The predicted molar refractivity (Wildman–Crippen MR) is 70.5 cm³/mol. The average molecular weight is 220 g/mol. The zero-order chi connectivity index (χ0) is 12.3. The normalized spacial score (nSPS) is 12.9. The van der Waals surface area contributed by atoms with Crippen molar-refractivity contribution in [1.82, 2.24) is 9.55 Å². The second-order valence-electron chi connectivity index (χ2n) is 5.03. The van der Waals surface area contributed by atoms with E-state index in [1.54, 1.807) is 0 Å². The maximum absolute atomic E-state index is 4.66. The lowest BCUT2D eigenvalue weighted by Crippen LogP contribution is -1.97. The van der Waals surface area contributed by atoms with Gasteiger partial charge in [-0.05, 0) is 18.8 Å². The van der Waals surface area contributed by atoms with Crippen LogP contribution in [-0.4, -0.2) is 9.55 Å². The number of aromatic nitrogens is 2. The summed E-state index contributed by atoms with van der Waals surface area (Å²) < 4.78 is 2.19. The van der Waals surface area contributed by atoms with Crippen molar-refractivity contribution in [3.05, 3.63) is 23.3 Å². The molecular formula is C14H24N2. The summed E-state index contributed by atoms with van der Waals surface area (Å²) in [7, 11) is 0. The van der Waals surface area contributed by atoms with Crippen LogP contribution in [0.3, 0.4) is 0 Å². The van der Waals surface area contributed by atoms with Gasteiger partial charge >= 0.3 is 0 Å². The van der Waals surface area contributed by atoms with E-state index in [2.05, 4.69) is 63.5 Å². The molecule has 0 unspecified atom stereocenters. The van der Waals surface area contributed by atoms with E-state index in [9.17, 15) is 0 Å². The van der Waals surface area contributed by atoms with E-state index < -0.39 is 0 Å². The third-order valence-electron chi connectivity index (χ3n) is 2.99. The molecule has 1 rings (SSSR count). The molecule has 0 atom stereocenters. The molecule has 1 heterocycles. The van der Waals surface area contributed by atoms with Gasteiger partial charge in [-0.3, -0.25) is 0 Å². The summed E-state index contributed by atoms with van der Waals surface area (Å²) in [5, 5.41) is 0. The molecule has 0 saturated carbocycles. The maximum Gasteiger partial charge on any atom is 0.112 e. The third kappa shape index (κ3) is 2.97.